The van der Waals surface area contributed by atoms with E-state index in [4.69, 9.17) is 16.6 Å². The summed E-state index contributed by atoms with van der Waals surface area (Å²) in [6.45, 7) is 2.26. The molecule has 28 heavy (non-hydrogen) atoms. The summed E-state index contributed by atoms with van der Waals surface area (Å²) in [6.07, 6.45) is -0.191. The molecule has 0 N–H and O–H groups in total. The molecular weight excluding hydrogens is 389 g/mol. The van der Waals surface area contributed by atoms with Gasteiger partial charge in [-0.05, 0) is 23.8 Å². The van der Waals surface area contributed by atoms with Crippen LogP contribution in [0.5, 0.6) is 0 Å². The number of hydrogen-bond donors (Lipinski definition) is 0. The molecule has 8 heteroatoms. The van der Waals surface area contributed by atoms with Crippen molar-refractivity contribution < 1.29 is 13.2 Å². The van der Waals surface area contributed by atoms with E-state index in [0.717, 1.165) is 42.0 Å². The number of pyridine rings is 1. The molecule has 0 radical (unpaired) electrons. The van der Waals surface area contributed by atoms with Crippen molar-refractivity contribution in [1.29, 1.82) is 0 Å². The topological polar surface area (TPSA) is 34.0 Å². The van der Waals surface area contributed by atoms with Crippen LogP contribution in [0.2, 0.25) is 5.02 Å². The molecule has 0 fully saturated rings. The van der Waals surface area contributed by atoms with Crippen molar-refractivity contribution in [2.45, 2.75) is 25.7 Å². The number of halogens is 4. The first kappa shape index (κ1) is 19.0. The third-order valence-corrected chi connectivity index (χ3v) is 5.40. The molecule has 4 nitrogen and oxygen atoms in total. The van der Waals surface area contributed by atoms with Crippen LogP contribution in [0.4, 0.5) is 13.2 Å². The summed E-state index contributed by atoms with van der Waals surface area (Å²) in [4.78, 5) is 11.0. The summed E-state index contributed by atoms with van der Waals surface area (Å²) in [5, 5.41) is 0.642. The van der Waals surface area contributed by atoms with Crippen LogP contribution in [-0.4, -0.2) is 26.0 Å². The minimum Gasteiger partial charge on any atom is -0.330 e. The number of fused-ring (bicyclic) bond motifs is 1. The maximum absolute atomic E-state index is 12.8. The molecule has 0 amide bonds. The summed E-state index contributed by atoms with van der Waals surface area (Å²) in [5.41, 5.74) is 3.11. The molecule has 2 aromatic heterocycles. The van der Waals surface area contributed by atoms with Crippen LogP contribution in [0.3, 0.4) is 0 Å². The average Bonchev–Trinajstić information content (AvgIpc) is 2.99. The van der Waals surface area contributed by atoms with Gasteiger partial charge in [-0.1, -0.05) is 23.7 Å². The molecule has 1 aliphatic heterocycles. The van der Waals surface area contributed by atoms with Crippen molar-refractivity contribution in [3.63, 3.8) is 0 Å². The Balaban J connectivity index is 1.57. The number of alkyl halides is 3. The molecule has 0 saturated carbocycles. The first-order valence-corrected chi connectivity index (χ1v) is 9.23. The van der Waals surface area contributed by atoms with Gasteiger partial charge in [-0.3, -0.25) is 9.88 Å². The zero-order chi connectivity index (χ0) is 19.9. The predicted octanol–water partition coefficient (Wildman–Crippen LogP) is 4.71. The SMILES string of the molecule is Cn1c(-c2ccc(C(F)(F)F)cc2)nc2c1CN(Cc1ccncc1Cl)CC2. The monoisotopic (exact) mass is 406 g/mol. The first-order chi connectivity index (χ1) is 13.3. The van der Waals surface area contributed by atoms with Gasteiger partial charge in [0, 0.05) is 51.1 Å². The van der Waals surface area contributed by atoms with Crippen molar-refractivity contribution in [3.8, 4) is 11.4 Å². The standard InChI is InChI=1S/C20H18ClF3N4/c1-27-18-12-28(11-14-6-8-25-10-16(14)21)9-7-17(18)26-19(27)13-2-4-15(5-3-13)20(22,23)24/h2-6,8,10H,7,9,11-12H2,1H3. The van der Waals surface area contributed by atoms with Crippen LogP contribution in [-0.2, 0) is 32.7 Å². The molecule has 4 rings (SSSR count). The van der Waals surface area contributed by atoms with Gasteiger partial charge in [0.25, 0.3) is 0 Å². The molecule has 1 aromatic carbocycles. The third-order valence-electron chi connectivity index (χ3n) is 5.06. The largest absolute Gasteiger partial charge is 0.416 e. The van der Waals surface area contributed by atoms with Gasteiger partial charge in [0.2, 0.25) is 0 Å². The smallest absolute Gasteiger partial charge is 0.330 e. The zero-order valence-electron chi connectivity index (χ0n) is 15.2. The zero-order valence-corrected chi connectivity index (χ0v) is 15.9. The van der Waals surface area contributed by atoms with E-state index in [1.165, 1.54) is 12.1 Å². The molecule has 1 aliphatic rings. The van der Waals surface area contributed by atoms with E-state index in [-0.39, 0.29) is 0 Å². The summed E-state index contributed by atoms with van der Waals surface area (Å²) in [5.74, 6) is 0.683. The predicted molar refractivity (Wildman–Crippen MR) is 101 cm³/mol. The highest BCUT2D eigenvalue weighted by Crippen LogP contribution is 2.32. The minimum absolute atomic E-state index is 0.642. The minimum atomic E-state index is -4.34. The van der Waals surface area contributed by atoms with Crippen molar-refractivity contribution >= 4 is 11.6 Å². The fourth-order valence-electron chi connectivity index (χ4n) is 3.52. The van der Waals surface area contributed by atoms with Crippen LogP contribution < -0.4 is 0 Å². The molecule has 0 spiro atoms. The number of hydrogen-bond acceptors (Lipinski definition) is 3. The van der Waals surface area contributed by atoms with Gasteiger partial charge in [0.15, 0.2) is 0 Å². The van der Waals surface area contributed by atoms with E-state index < -0.39 is 11.7 Å². The second-order valence-electron chi connectivity index (χ2n) is 6.89. The Labute approximate surface area is 165 Å². The van der Waals surface area contributed by atoms with E-state index in [1.807, 2.05) is 17.7 Å². The Morgan fingerprint density at radius 3 is 2.57 bits per heavy atom. The molecular formula is C20H18ClF3N4. The third kappa shape index (κ3) is 3.64. The highest BCUT2D eigenvalue weighted by atomic mass is 35.5. The van der Waals surface area contributed by atoms with Gasteiger partial charge in [-0.2, -0.15) is 13.2 Å². The van der Waals surface area contributed by atoms with Crippen molar-refractivity contribution in [2.24, 2.45) is 7.05 Å². The van der Waals surface area contributed by atoms with Gasteiger partial charge in [-0.15, -0.1) is 0 Å². The van der Waals surface area contributed by atoms with Crippen LogP contribution >= 0.6 is 11.6 Å². The normalized spacial score (nSPS) is 14.9. The Morgan fingerprint density at radius 1 is 1.14 bits per heavy atom. The number of imidazole rings is 1. The molecule has 0 saturated heterocycles. The van der Waals surface area contributed by atoms with Crippen LogP contribution in [0.1, 0.15) is 22.5 Å². The van der Waals surface area contributed by atoms with E-state index in [9.17, 15) is 13.2 Å². The fraction of sp³-hybridized carbons (Fsp3) is 0.300. The van der Waals surface area contributed by atoms with E-state index in [2.05, 4.69) is 9.88 Å². The number of nitrogens with zero attached hydrogens (tertiary/aromatic N) is 4. The summed E-state index contributed by atoms with van der Waals surface area (Å²) < 4.78 is 40.4. The summed E-state index contributed by atoms with van der Waals surface area (Å²) >= 11 is 6.22. The second kappa shape index (κ2) is 7.22. The maximum Gasteiger partial charge on any atom is 0.416 e. The van der Waals surface area contributed by atoms with Crippen molar-refractivity contribution in [1.82, 2.24) is 19.4 Å². The van der Waals surface area contributed by atoms with Crippen molar-refractivity contribution in [2.75, 3.05) is 6.54 Å². The lowest BCUT2D eigenvalue weighted by molar-refractivity contribution is -0.137. The maximum atomic E-state index is 12.8. The highest BCUT2D eigenvalue weighted by Gasteiger charge is 2.30. The van der Waals surface area contributed by atoms with E-state index >= 15 is 0 Å². The average molecular weight is 407 g/mol. The highest BCUT2D eigenvalue weighted by molar-refractivity contribution is 6.31. The van der Waals surface area contributed by atoms with Gasteiger partial charge in [0.1, 0.15) is 5.82 Å². The Morgan fingerprint density at radius 2 is 1.89 bits per heavy atom. The molecule has 0 atom stereocenters. The Hall–Kier alpha value is -2.38. The summed E-state index contributed by atoms with van der Waals surface area (Å²) in [7, 11) is 1.90. The van der Waals surface area contributed by atoms with Gasteiger partial charge in [-0.25, -0.2) is 4.98 Å². The number of benzene rings is 1. The molecule has 3 heterocycles. The number of rotatable bonds is 3. The number of aromatic nitrogens is 3. The van der Waals surface area contributed by atoms with Gasteiger partial charge < -0.3 is 4.57 Å². The van der Waals surface area contributed by atoms with E-state index in [1.54, 1.807) is 12.4 Å². The molecule has 3 aromatic rings. The van der Waals surface area contributed by atoms with Crippen LogP contribution in [0.25, 0.3) is 11.4 Å². The fourth-order valence-corrected chi connectivity index (χ4v) is 3.69. The van der Waals surface area contributed by atoms with Crippen molar-refractivity contribution in [3.05, 3.63) is 70.3 Å². The molecule has 0 bridgehead atoms. The lowest BCUT2D eigenvalue weighted by atomic mass is 10.1. The van der Waals surface area contributed by atoms with E-state index in [0.29, 0.717) is 29.5 Å². The molecule has 146 valence electrons. The molecule has 0 unspecified atom stereocenters. The molecule has 0 aliphatic carbocycles. The second-order valence-corrected chi connectivity index (χ2v) is 7.30. The van der Waals surface area contributed by atoms with Gasteiger partial charge in [0.05, 0.1) is 22.0 Å². The lowest BCUT2D eigenvalue weighted by Gasteiger charge is -2.27. The lowest BCUT2D eigenvalue weighted by Crippen LogP contribution is -2.31. The Bertz CT molecular complexity index is 996. The summed E-state index contributed by atoms with van der Waals surface area (Å²) in [6, 6.07) is 7.06. The van der Waals surface area contributed by atoms with Crippen LogP contribution in [0.15, 0.2) is 42.7 Å². The van der Waals surface area contributed by atoms with Gasteiger partial charge >= 0.3 is 6.18 Å². The first-order valence-electron chi connectivity index (χ1n) is 8.86. The Kier molecular flexibility index (Phi) is 4.89. The quantitative estimate of drug-likeness (QED) is 0.631. The van der Waals surface area contributed by atoms with Crippen LogP contribution in [0, 0.1) is 0 Å².